The van der Waals surface area contributed by atoms with Crippen LogP contribution in [0.4, 0.5) is 4.39 Å². The van der Waals surface area contributed by atoms with E-state index in [0.29, 0.717) is 5.56 Å². The maximum absolute atomic E-state index is 12.9. The summed E-state index contributed by atoms with van der Waals surface area (Å²) < 4.78 is 29.8. The smallest absolute Gasteiger partial charge is 0.330 e. The molecule has 0 bridgehead atoms. The molecule has 120 valence electrons. The topological polar surface area (TPSA) is 82.5 Å². The van der Waals surface area contributed by atoms with Crippen molar-refractivity contribution < 1.29 is 18.6 Å². The normalized spacial score (nSPS) is 15.7. The Morgan fingerprint density at radius 3 is 2.52 bits per heavy atom. The van der Waals surface area contributed by atoms with Gasteiger partial charge in [-0.2, -0.15) is 0 Å². The molecule has 7 nitrogen and oxygen atoms in total. The standard InChI is InChI=1S/C13H21FN2O5/c1-8-6-16(13(18)15-12(8)17)9(2)21-11(7-19-3)10(5-14)20-4/h6,9-11H,5,7H2,1-4H3,(H,15,17,18)/t9-,10?,11?/m1/s1. The lowest BCUT2D eigenvalue weighted by Crippen LogP contribution is -2.40. The van der Waals surface area contributed by atoms with Crippen molar-refractivity contribution in [1.82, 2.24) is 9.55 Å². The third-order valence-electron chi connectivity index (χ3n) is 3.11. The highest BCUT2D eigenvalue weighted by Crippen LogP contribution is 2.14. The molecule has 0 saturated carbocycles. The molecule has 0 amide bonds. The number of halogens is 1. The summed E-state index contributed by atoms with van der Waals surface area (Å²) in [6, 6.07) is 0. The summed E-state index contributed by atoms with van der Waals surface area (Å²) in [7, 11) is 2.83. The highest BCUT2D eigenvalue weighted by molar-refractivity contribution is 5.01. The van der Waals surface area contributed by atoms with Gasteiger partial charge in [-0.3, -0.25) is 14.3 Å². The summed E-state index contributed by atoms with van der Waals surface area (Å²) in [6.45, 7) is 2.57. The van der Waals surface area contributed by atoms with E-state index in [0.717, 1.165) is 0 Å². The van der Waals surface area contributed by atoms with Gasteiger partial charge in [0.25, 0.3) is 5.56 Å². The molecule has 0 fully saturated rings. The average molecular weight is 304 g/mol. The van der Waals surface area contributed by atoms with Crippen LogP contribution >= 0.6 is 0 Å². The van der Waals surface area contributed by atoms with Crippen molar-refractivity contribution in [2.45, 2.75) is 32.3 Å². The quantitative estimate of drug-likeness (QED) is 0.751. The highest BCUT2D eigenvalue weighted by Gasteiger charge is 2.25. The third kappa shape index (κ3) is 4.48. The van der Waals surface area contributed by atoms with Gasteiger partial charge >= 0.3 is 5.69 Å². The van der Waals surface area contributed by atoms with Gasteiger partial charge in [0.2, 0.25) is 0 Å². The van der Waals surface area contributed by atoms with Crippen LogP contribution in [0.2, 0.25) is 0 Å². The summed E-state index contributed by atoms with van der Waals surface area (Å²) in [4.78, 5) is 25.3. The van der Waals surface area contributed by atoms with Gasteiger partial charge in [0, 0.05) is 26.0 Å². The molecule has 1 aromatic heterocycles. The zero-order valence-corrected chi connectivity index (χ0v) is 12.6. The number of hydrogen-bond acceptors (Lipinski definition) is 5. The fourth-order valence-corrected chi connectivity index (χ4v) is 1.89. The minimum Gasteiger partial charge on any atom is -0.382 e. The fourth-order valence-electron chi connectivity index (χ4n) is 1.89. The number of nitrogens with one attached hydrogen (secondary N) is 1. The van der Waals surface area contributed by atoms with Gasteiger partial charge < -0.3 is 14.2 Å². The number of rotatable bonds is 8. The Kier molecular flexibility index (Phi) is 6.73. The minimum absolute atomic E-state index is 0.115. The SMILES string of the molecule is COCC(O[C@H](C)n1cc(C)c(=O)[nH]c1=O)C(CF)OC. The zero-order chi connectivity index (χ0) is 16.0. The molecular formula is C13H21FN2O5. The maximum Gasteiger partial charge on any atom is 0.330 e. The van der Waals surface area contributed by atoms with Gasteiger partial charge in [0.1, 0.15) is 25.1 Å². The molecule has 21 heavy (non-hydrogen) atoms. The van der Waals surface area contributed by atoms with E-state index in [2.05, 4.69) is 4.98 Å². The molecule has 0 aliphatic rings. The second-order valence-electron chi connectivity index (χ2n) is 4.64. The molecule has 1 rings (SSSR count). The molecule has 0 aliphatic carbocycles. The summed E-state index contributed by atoms with van der Waals surface area (Å²) in [5, 5.41) is 0. The van der Waals surface area contributed by atoms with Crippen LogP contribution in [0.1, 0.15) is 18.7 Å². The molecule has 1 aromatic rings. The number of hydrogen-bond donors (Lipinski definition) is 1. The Morgan fingerprint density at radius 2 is 2.00 bits per heavy atom. The third-order valence-corrected chi connectivity index (χ3v) is 3.11. The van der Waals surface area contributed by atoms with Gasteiger partial charge in [-0.05, 0) is 13.8 Å². The first kappa shape index (κ1) is 17.5. The molecule has 0 saturated heterocycles. The van der Waals surface area contributed by atoms with E-state index in [-0.39, 0.29) is 6.61 Å². The number of aromatic amines is 1. The Labute approximate surface area is 121 Å². The molecule has 3 atom stereocenters. The molecule has 0 spiro atoms. The predicted molar refractivity (Wildman–Crippen MR) is 74.3 cm³/mol. The second-order valence-corrected chi connectivity index (χ2v) is 4.64. The van der Waals surface area contributed by atoms with Crippen molar-refractivity contribution in [1.29, 1.82) is 0 Å². The molecule has 0 aromatic carbocycles. The molecule has 0 aliphatic heterocycles. The van der Waals surface area contributed by atoms with Crippen molar-refractivity contribution >= 4 is 0 Å². The Hall–Kier alpha value is -1.51. The first-order chi connectivity index (χ1) is 9.94. The van der Waals surface area contributed by atoms with E-state index in [1.54, 1.807) is 13.8 Å². The van der Waals surface area contributed by atoms with Crippen molar-refractivity contribution in [2.75, 3.05) is 27.5 Å². The number of nitrogens with zero attached hydrogens (tertiary/aromatic N) is 1. The van der Waals surface area contributed by atoms with E-state index in [9.17, 15) is 14.0 Å². The van der Waals surface area contributed by atoms with Crippen LogP contribution in [-0.2, 0) is 14.2 Å². The number of methoxy groups -OCH3 is 2. The molecular weight excluding hydrogens is 283 g/mol. The Morgan fingerprint density at radius 1 is 1.33 bits per heavy atom. The fraction of sp³-hybridized carbons (Fsp3) is 0.692. The summed E-state index contributed by atoms with van der Waals surface area (Å²) >= 11 is 0. The molecule has 8 heteroatoms. The van der Waals surface area contributed by atoms with Crippen LogP contribution in [0.15, 0.2) is 15.8 Å². The number of H-pyrrole nitrogens is 1. The zero-order valence-electron chi connectivity index (χ0n) is 12.6. The van der Waals surface area contributed by atoms with Crippen LogP contribution < -0.4 is 11.2 Å². The van der Waals surface area contributed by atoms with Crippen LogP contribution in [0.5, 0.6) is 0 Å². The van der Waals surface area contributed by atoms with Gasteiger partial charge in [0.05, 0.1) is 6.61 Å². The average Bonchev–Trinajstić information content (AvgIpc) is 2.44. The van der Waals surface area contributed by atoms with Gasteiger partial charge in [-0.15, -0.1) is 0 Å². The number of ether oxygens (including phenoxy) is 3. The molecule has 1 N–H and O–H groups in total. The van der Waals surface area contributed by atoms with E-state index < -0.39 is 36.4 Å². The van der Waals surface area contributed by atoms with Crippen LogP contribution in [0.3, 0.4) is 0 Å². The van der Waals surface area contributed by atoms with Crippen molar-refractivity contribution in [3.8, 4) is 0 Å². The largest absolute Gasteiger partial charge is 0.382 e. The maximum atomic E-state index is 12.9. The lowest BCUT2D eigenvalue weighted by Gasteiger charge is -2.27. The van der Waals surface area contributed by atoms with E-state index in [4.69, 9.17) is 14.2 Å². The van der Waals surface area contributed by atoms with Crippen molar-refractivity contribution in [3.63, 3.8) is 0 Å². The minimum atomic E-state index is -0.799. The van der Waals surface area contributed by atoms with Crippen molar-refractivity contribution in [2.24, 2.45) is 0 Å². The van der Waals surface area contributed by atoms with Crippen molar-refractivity contribution in [3.05, 3.63) is 32.6 Å². The van der Waals surface area contributed by atoms with E-state index >= 15 is 0 Å². The van der Waals surface area contributed by atoms with Gasteiger partial charge in [0.15, 0.2) is 0 Å². The number of alkyl halides is 1. The lowest BCUT2D eigenvalue weighted by molar-refractivity contribution is -0.136. The summed E-state index contributed by atoms with van der Waals surface area (Å²) in [6.07, 6.45) is -0.795. The van der Waals surface area contributed by atoms with Gasteiger partial charge in [-0.1, -0.05) is 0 Å². The summed E-state index contributed by atoms with van der Waals surface area (Å²) in [5.74, 6) is 0. The van der Waals surface area contributed by atoms with Gasteiger partial charge in [-0.25, -0.2) is 9.18 Å². The monoisotopic (exact) mass is 304 g/mol. The van der Waals surface area contributed by atoms with Crippen LogP contribution in [0.25, 0.3) is 0 Å². The molecule has 2 unspecified atom stereocenters. The second kappa shape index (κ2) is 8.06. The predicted octanol–water partition coefficient (Wildman–Crippen LogP) is 0.380. The Balaban J connectivity index is 2.96. The Bertz CT molecular complexity index is 552. The number of aryl methyl sites for hydroxylation is 1. The highest BCUT2D eigenvalue weighted by atomic mass is 19.1. The lowest BCUT2D eigenvalue weighted by atomic mass is 10.2. The molecule has 0 radical (unpaired) electrons. The van der Waals surface area contributed by atoms with Crippen LogP contribution in [0, 0.1) is 6.92 Å². The summed E-state index contributed by atoms with van der Waals surface area (Å²) in [5.41, 5.74) is -0.666. The first-order valence-electron chi connectivity index (χ1n) is 6.49. The van der Waals surface area contributed by atoms with Crippen LogP contribution in [-0.4, -0.2) is 49.3 Å². The molecule has 1 heterocycles. The number of aromatic nitrogens is 2. The van der Waals surface area contributed by atoms with E-state index in [1.807, 2.05) is 0 Å². The van der Waals surface area contributed by atoms with E-state index in [1.165, 1.54) is 25.0 Å². The first-order valence-corrected chi connectivity index (χ1v) is 6.49.